The Hall–Kier alpha value is -3.40. The van der Waals surface area contributed by atoms with Gasteiger partial charge in [0.2, 0.25) is 10.0 Å². The Balaban J connectivity index is 1.73. The predicted octanol–water partition coefficient (Wildman–Crippen LogP) is 3.09. The third-order valence-corrected chi connectivity index (χ3v) is 6.04. The van der Waals surface area contributed by atoms with E-state index in [2.05, 4.69) is 5.32 Å². The Bertz CT molecular complexity index is 1280. The maximum Gasteiger partial charge on any atom is 0.265 e. The van der Waals surface area contributed by atoms with E-state index in [0.717, 1.165) is 0 Å². The molecule has 0 aliphatic carbocycles. The second kappa shape index (κ2) is 8.62. The number of nitrogens with two attached hydrogens (primary N) is 1. The van der Waals surface area contributed by atoms with E-state index in [1.54, 1.807) is 54.6 Å². The van der Waals surface area contributed by atoms with Crippen molar-refractivity contribution in [2.24, 2.45) is 5.14 Å². The topological polar surface area (TPSA) is 119 Å². The smallest absolute Gasteiger partial charge is 0.265 e. The molecule has 1 aliphatic rings. The first kappa shape index (κ1) is 21.8. The maximum atomic E-state index is 13.3. The van der Waals surface area contributed by atoms with Crippen molar-refractivity contribution in [1.29, 1.82) is 0 Å². The fourth-order valence-electron chi connectivity index (χ4n) is 3.42. The molecule has 4 rings (SSSR count). The van der Waals surface area contributed by atoms with Crippen LogP contribution in [0.1, 0.15) is 11.6 Å². The van der Waals surface area contributed by atoms with E-state index in [4.69, 9.17) is 21.5 Å². The Kier molecular flexibility index (Phi) is 5.88. The minimum absolute atomic E-state index is 0.161. The number of carbonyl (C=O) groups is 2. The van der Waals surface area contributed by atoms with Gasteiger partial charge in [-0.05, 0) is 48.0 Å². The van der Waals surface area contributed by atoms with Gasteiger partial charge in [-0.1, -0.05) is 41.9 Å². The molecule has 0 saturated heterocycles. The number of benzene rings is 3. The lowest BCUT2D eigenvalue weighted by atomic mass is 10.00. The summed E-state index contributed by atoms with van der Waals surface area (Å²) >= 11 is 5.87. The van der Waals surface area contributed by atoms with Crippen LogP contribution in [-0.4, -0.2) is 26.8 Å². The SMILES string of the molecule is NS(=O)(=O)c1ccc2c(c1)NC(=O)C(c1ccccc1)N2C(=O)COc1ccc(Cl)cc1. The summed E-state index contributed by atoms with van der Waals surface area (Å²) in [5.74, 6) is -0.548. The number of nitrogens with zero attached hydrogens (tertiary/aromatic N) is 1. The first-order valence-corrected chi connectivity index (χ1v) is 11.4. The number of primary sulfonamides is 1. The zero-order valence-corrected chi connectivity index (χ0v) is 18.1. The van der Waals surface area contributed by atoms with Gasteiger partial charge < -0.3 is 10.1 Å². The summed E-state index contributed by atoms with van der Waals surface area (Å²) in [7, 11) is -4.00. The van der Waals surface area contributed by atoms with Crippen LogP contribution in [0.4, 0.5) is 11.4 Å². The second-order valence-electron chi connectivity index (χ2n) is 7.03. The highest BCUT2D eigenvalue weighted by atomic mass is 35.5. The molecule has 164 valence electrons. The number of anilines is 2. The summed E-state index contributed by atoms with van der Waals surface area (Å²) in [5, 5.41) is 8.42. The van der Waals surface area contributed by atoms with E-state index >= 15 is 0 Å². The summed E-state index contributed by atoms with van der Waals surface area (Å²) < 4.78 is 29.1. The molecule has 2 amide bonds. The minimum Gasteiger partial charge on any atom is -0.484 e. The van der Waals surface area contributed by atoms with E-state index in [-0.39, 0.29) is 17.2 Å². The first-order chi connectivity index (χ1) is 15.2. The molecule has 0 saturated carbocycles. The minimum atomic E-state index is -4.00. The molecule has 1 heterocycles. The molecule has 0 fully saturated rings. The van der Waals surface area contributed by atoms with Crippen LogP contribution in [0.5, 0.6) is 5.75 Å². The third-order valence-electron chi connectivity index (χ3n) is 4.88. The zero-order valence-electron chi connectivity index (χ0n) is 16.6. The molecule has 1 unspecified atom stereocenters. The van der Waals surface area contributed by atoms with Crippen LogP contribution < -0.4 is 20.1 Å². The molecule has 0 aromatic heterocycles. The van der Waals surface area contributed by atoms with Gasteiger partial charge in [0.1, 0.15) is 11.8 Å². The largest absolute Gasteiger partial charge is 0.484 e. The first-order valence-electron chi connectivity index (χ1n) is 9.47. The highest BCUT2D eigenvalue weighted by Gasteiger charge is 2.38. The van der Waals surface area contributed by atoms with Crippen molar-refractivity contribution in [3.05, 3.63) is 83.4 Å². The molecule has 0 bridgehead atoms. The number of fused-ring (bicyclic) bond motifs is 1. The average Bonchev–Trinajstić information content (AvgIpc) is 2.77. The van der Waals surface area contributed by atoms with Crippen LogP contribution in [0.15, 0.2) is 77.7 Å². The summed E-state index contributed by atoms with van der Waals surface area (Å²) in [6, 6.07) is 18.3. The fraction of sp³-hybridized carbons (Fsp3) is 0.0909. The number of sulfonamides is 1. The van der Waals surface area contributed by atoms with E-state index in [0.29, 0.717) is 22.0 Å². The van der Waals surface area contributed by atoms with Gasteiger partial charge in [0, 0.05) is 5.02 Å². The number of amides is 2. The van der Waals surface area contributed by atoms with E-state index in [9.17, 15) is 18.0 Å². The molecule has 1 aliphatic heterocycles. The average molecular weight is 472 g/mol. The van der Waals surface area contributed by atoms with Gasteiger partial charge in [-0.2, -0.15) is 0 Å². The Labute approximate surface area is 189 Å². The number of carbonyl (C=O) groups excluding carboxylic acids is 2. The molecule has 3 aromatic carbocycles. The summed E-state index contributed by atoms with van der Waals surface area (Å²) in [6.07, 6.45) is 0. The van der Waals surface area contributed by atoms with Crippen LogP contribution >= 0.6 is 11.6 Å². The molecule has 0 radical (unpaired) electrons. The number of halogens is 1. The van der Waals surface area contributed by atoms with E-state index in [1.807, 2.05) is 0 Å². The van der Waals surface area contributed by atoms with Crippen molar-refractivity contribution in [3.63, 3.8) is 0 Å². The molecule has 3 aromatic rings. The molecular formula is C22H18ClN3O5S. The molecule has 3 N–H and O–H groups in total. The number of hydrogen-bond donors (Lipinski definition) is 2. The third kappa shape index (κ3) is 4.45. The van der Waals surface area contributed by atoms with Gasteiger partial charge >= 0.3 is 0 Å². The maximum absolute atomic E-state index is 13.3. The quantitative estimate of drug-likeness (QED) is 0.592. The van der Waals surface area contributed by atoms with Crippen molar-refractivity contribution in [2.45, 2.75) is 10.9 Å². The number of nitrogens with one attached hydrogen (secondary N) is 1. The van der Waals surface area contributed by atoms with Gasteiger partial charge in [-0.25, -0.2) is 13.6 Å². The van der Waals surface area contributed by atoms with Crippen LogP contribution in [0.25, 0.3) is 0 Å². The molecular weight excluding hydrogens is 454 g/mol. The van der Waals surface area contributed by atoms with Gasteiger partial charge in [-0.3, -0.25) is 14.5 Å². The van der Waals surface area contributed by atoms with Crippen molar-refractivity contribution in [2.75, 3.05) is 16.8 Å². The lowest BCUT2D eigenvalue weighted by molar-refractivity contribution is -0.125. The molecule has 32 heavy (non-hydrogen) atoms. The molecule has 1 atom stereocenters. The van der Waals surface area contributed by atoms with Crippen molar-refractivity contribution in [1.82, 2.24) is 0 Å². The zero-order chi connectivity index (χ0) is 22.9. The fourth-order valence-corrected chi connectivity index (χ4v) is 4.09. The predicted molar refractivity (Wildman–Crippen MR) is 120 cm³/mol. The second-order valence-corrected chi connectivity index (χ2v) is 9.03. The summed E-state index contributed by atoms with van der Waals surface area (Å²) in [5.41, 5.74) is 1.08. The van der Waals surface area contributed by atoms with Gasteiger partial charge in [0.25, 0.3) is 11.8 Å². The normalized spacial score (nSPS) is 15.6. The van der Waals surface area contributed by atoms with E-state index in [1.165, 1.54) is 23.1 Å². The molecule has 0 spiro atoms. The van der Waals surface area contributed by atoms with Crippen molar-refractivity contribution >= 4 is 44.8 Å². The summed E-state index contributed by atoms with van der Waals surface area (Å²) in [6.45, 7) is -0.353. The van der Waals surface area contributed by atoms with Crippen molar-refractivity contribution < 1.29 is 22.7 Å². The Morgan fingerprint density at radius 2 is 1.75 bits per heavy atom. The Morgan fingerprint density at radius 3 is 2.41 bits per heavy atom. The lowest BCUT2D eigenvalue weighted by Crippen LogP contribution is -2.47. The number of rotatable bonds is 5. The van der Waals surface area contributed by atoms with Crippen LogP contribution in [0, 0.1) is 0 Å². The van der Waals surface area contributed by atoms with Crippen LogP contribution in [0.2, 0.25) is 5.02 Å². The Morgan fingerprint density at radius 1 is 1.06 bits per heavy atom. The summed E-state index contributed by atoms with van der Waals surface area (Å²) in [4.78, 5) is 27.4. The lowest BCUT2D eigenvalue weighted by Gasteiger charge is -2.36. The van der Waals surface area contributed by atoms with Gasteiger partial charge in [0.15, 0.2) is 6.61 Å². The van der Waals surface area contributed by atoms with E-state index < -0.39 is 27.9 Å². The van der Waals surface area contributed by atoms with Crippen LogP contribution in [-0.2, 0) is 19.6 Å². The molecule has 8 nitrogen and oxygen atoms in total. The van der Waals surface area contributed by atoms with Crippen molar-refractivity contribution in [3.8, 4) is 5.75 Å². The standard InChI is InChI=1S/C22H18ClN3O5S/c23-15-6-8-16(9-7-15)31-13-20(27)26-19-11-10-17(32(24,29)30)12-18(19)25-22(28)21(26)14-4-2-1-3-5-14/h1-12,21H,13H2,(H,25,28)(H2,24,29,30). The van der Waals surface area contributed by atoms with Gasteiger partial charge in [0.05, 0.1) is 16.3 Å². The molecule has 10 heteroatoms. The van der Waals surface area contributed by atoms with Crippen LogP contribution in [0.3, 0.4) is 0 Å². The highest BCUT2D eigenvalue weighted by molar-refractivity contribution is 7.89. The number of hydrogen-bond acceptors (Lipinski definition) is 5. The number of ether oxygens (including phenoxy) is 1. The highest BCUT2D eigenvalue weighted by Crippen LogP contribution is 2.39. The van der Waals surface area contributed by atoms with Gasteiger partial charge in [-0.15, -0.1) is 0 Å². The monoisotopic (exact) mass is 471 g/mol.